The lowest BCUT2D eigenvalue weighted by molar-refractivity contribution is 0.668. The standard InChI is InChI=1S/C43H25N3O2/c1-2-10-29-25-30(24-21-26(29)9-1)27-19-22-28(23-20-27)41-44-42(34-14-8-18-38-39(34)33-12-4-6-17-37(33)47-38)46-43(45-41)35-15-7-13-32-31-11-3-5-16-36(31)48-40(32)35/h1-25H. The van der Waals surface area contributed by atoms with E-state index in [0.29, 0.717) is 17.5 Å². The van der Waals surface area contributed by atoms with E-state index in [2.05, 4.69) is 91.0 Å². The monoisotopic (exact) mass is 615 g/mol. The van der Waals surface area contributed by atoms with Crippen molar-refractivity contribution in [3.8, 4) is 45.3 Å². The normalized spacial score (nSPS) is 11.8. The number of para-hydroxylation sites is 3. The lowest BCUT2D eigenvalue weighted by atomic mass is 10.00. The van der Waals surface area contributed by atoms with Gasteiger partial charge in [-0.3, -0.25) is 0 Å². The molecule has 0 fully saturated rings. The summed E-state index contributed by atoms with van der Waals surface area (Å²) in [4.78, 5) is 15.3. The molecule has 48 heavy (non-hydrogen) atoms. The molecule has 0 spiro atoms. The molecule has 224 valence electrons. The Morgan fingerprint density at radius 2 is 0.938 bits per heavy atom. The fourth-order valence-corrected chi connectivity index (χ4v) is 6.81. The van der Waals surface area contributed by atoms with Crippen LogP contribution >= 0.6 is 0 Å². The molecule has 3 heterocycles. The van der Waals surface area contributed by atoms with Gasteiger partial charge < -0.3 is 8.83 Å². The summed E-state index contributed by atoms with van der Waals surface area (Å²) in [5, 5.41) is 6.52. The number of rotatable bonds is 4. The van der Waals surface area contributed by atoms with Gasteiger partial charge in [0.1, 0.15) is 22.3 Å². The van der Waals surface area contributed by atoms with E-state index in [1.165, 1.54) is 10.8 Å². The average Bonchev–Trinajstić information content (AvgIpc) is 3.73. The van der Waals surface area contributed by atoms with Crippen molar-refractivity contribution in [1.29, 1.82) is 0 Å². The summed E-state index contributed by atoms with van der Waals surface area (Å²) in [5.74, 6) is 1.69. The minimum atomic E-state index is 0.545. The number of aromatic nitrogens is 3. The van der Waals surface area contributed by atoms with Crippen LogP contribution in [0.3, 0.4) is 0 Å². The van der Waals surface area contributed by atoms with E-state index in [0.717, 1.165) is 71.7 Å². The van der Waals surface area contributed by atoms with Crippen LogP contribution in [0, 0.1) is 0 Å². The Kier molecular flexibility index (Phi) is 5.81. The summed E-state index contributed by atoms with van der Waals surface area (Å²) >= 11 is 0. The molecule has 0 bridgehead atoms. The predicted octanol–water partition coefficient (Wildman–Crippen LogP) is 11.5. The van der Waals surface area contributed by atoms with E-state index in [1.807, 2.05) is 60.7 Å². The molecule has 0 saturated heterocycles. The van der Waals surface area contributed by atoms with Crippen molar-refractivity contribution in [2.75, 3.05) is 0 Å². The molecule has 3 aromatic heterocycles. The molecule has 0 radical (unpaired) electrons. The Morgan fingerprint density at radius 1 is 0.354 bits per heavy atom. The largest absolute Gasteiger partial charge is 0.456 e. The van der Waals surface area contributed by atoms with E-state index >= 15 is 0 Å². The molecular formula is C43H25N3O2. The van der Waals surface area contributed by atoms with Gasteiger partial charge in [-0.25, -0.2) is 15.0 Å². The first kappa shape index (κ1) is 26.6. The van der Waals surface area contributed by atoms with E-state index in [4.69, 9.17) is 23.8 Å². The Balaban J connectivity index is 1.18. The van der Waals surface area contributed by atoms with Gasteiger partial charge in [0, 0.05) is 32.7 Å². The highest BCUT2D eigenvalue weighted by Gasteiger charge is 2.20. The predicted molar refractivity (Wildman–Crippen MR) is 194 cm³/mol. The van der Waals surface area contributed by atoms with Gasteiger partial charge in [-0.15, -0.1) is 0 Å². The maximum absolute atomic E-state index is 6.42. The first-order valence-corrected chi connectivity index (χ1v) is 15.9. The maximum atomic E-state index is 6.42. The topological polar surface area (TPSA) is 65.0 Å². The zero-order valence-corrected chi connectivity index (χ0v) is 25.6. The van der Waals surface area contributed by atoms with Gasteiger partial charge in [0.25, 0.3) is 0 Å². The number of furan rings is 2. The van der Waals surface area contributed by atoms with Crippen molar-refractivity contribution in [3.05, 3.63) is 152 Å². The molecule has 5 heteroatoms. The molecule has 0 unspecified atom stereocenters. The quantitative estimate of drug-likeness (QED) is 0.197. The van der Waals surface area contributed by atoms with E-state index in [-0.39, 0.29) is 0 Å². The van der Waals surface area contributed by atoms with Crippen LogP contribution in [0.25, 0.3) is 99.9 Å². The summed E-state index contributed by atoms with van der Waals surface area (Å²) in [6.45, 7) is 0. The molecule has 0 aliphatic heterocycles. The number of fused-ring (bicyclic) bond motifs is 7. The first-order valence-electron chi connectivity index (χ1n) is 15.9. The van der Waals surface area contributed by atoms with Gasteiger partial charge in [0.2, 0.25) is 0 Å². The molecule has 5 nitrogen and oxygen atoms in total. The molecule has 0 N–H and O–H groups in total. The van der Waals surface area contributed by atoms with Crippen molar-refractivity contribution in [2.45, 2.75) is 0 Å². The lowest BCUT2D eigenvalue weighted by Gasteiger charge is -2.10. The summed E-state index contributed by atoms with van der Waals surface area (Å²) in [7, 11) is 0. The zero-order chi connectivity index (χ0) is 31.6. The first-order chi connectivity index (χ1) is 23.8. The molecule has 0 atom stereocenters. The number of nitrogens with zero attached hydrogens (tertiary/aromatic N) is 3. The fourth-order valence-electron chi connectivity index (χ4n) is 6.81. The van der Waals surface area contributed by atoms with Crippen LogP contribution in [0.5, 0.6) is 0 Å². The Hall–Kier alpha value is -6.59. The molecule has 7 aromatic carbocycles. The third kappa shape index (κ3) is 4.22. The van der Waals surface area contributed by atoms with Crippen molar-refractivity contribution in [1.82, 2.24) is 15.0 Å². The molecule has 0 saturated carbocycles. The Labute approximate surface area is 274 Å². The summed E-state index contributed by atoms with van der Waals surface area (Å²) in [6, 6.07) is 51.8. The van der Waals surface area contributed by atoms with Crippen LogP contribution in [0.1, 0.15) is 0 Å². The fraction of sp³-hybridized carbons (Fsp3) is 0. The second kappa shape index (κ2) is 10.5. The van der Waals surface area contributed by atoms with E-state index < -0.39 is 0 Å². The van der Waals surface area contributed by atoms with Crippen molar-refractivity contribution >= 4 is 54.6 Å². The molecule has 0 aliphatic rings. The van der Waals surface area contributed by atoms with Gasteiger partial charge in [0.15, 0.2) is 17.5 Å². The highest BCUT2D eigenvalue weighted by Crippen LogP contribution is 2.39. The number of hydrogen-bond acceptors (Lipinski definition) is 5. The molecule has 0 amide bonds. The summed E-state index contributed by atoms with van der Waals surface area (Å²) < 4.78 is 12.7. The van der Waals surface area contributed by atoms with Crippen LogP contribution in [0.4, 0.5) is 0 Å². The van der Waals surface area contributed by atoms with Crippen LogP contribution in [-0.2, 0) is 0 Å². The Morgan fingerprint density at radius 3 is 1.79 bits per heavy atom. The molecule has 10 aromatic rings. The van der Waals surface area contributed by atoms with Crippen LogP contribution < -0.4 is 0 Å². The van der Waals surface area contributed by atoms with Crippen LogP contribution in [-0.4, -0.2) is 15.0 Å². The van der Waals surface area contributed by atoms with Crippen molar-refractivity contribution < 1.29 is 8.83 Å². The van der Waals surface area contributed by atoms with Gasteiger partial charge >= 0.3 is 0 Å². The van der Waals surface area contributed by atoms with Crippen molar-refractivity contribution in [3.63, 3.8) is 0 Å². The second-order valence-corrected chi connectivity index (χ2v) is 12.0. The highest BCUT2D eigenvalue weighted by molar-refractivity contribution is 6.12. The number of benzene rings is 7. The molecule has 10 rings (SSSR count). The van der Waals surface area contributed by atoms with Gasteiger partial charge in [-0.05, 0) is 52.2 Å². The average molecular weight is 616 g/mol. The third-order valence-corrected chi connectivity index (χ3v) is 9.15. The van der Waals surface area contributed by atoms with Crippen LogP contribution in [0.15, 0.2) is 160 Å². The van der Waals surface area contributed by atoms with E-state index in [1.54, 1.807) is 0 Å². The van der Waals surface area contributed by atoms with Gasteiger partial charge in [-0.2, -0.15) is 0 Å². The number of hydrogen-bond donors (Lipinski definition) is 0. The highest BCUT2D eigenvalue weighted by atomic mass is 16.3. The molecule has 0 aliphatic carbocycles. The van der Waals surface area contributed by atoms with Gasteiger partial charge in [0.05, 0.1) is 5.56 Å². The summed E-state index contributed by atoms with van der Waals surface area (Å²) in [5.41, 5.74) is 8.06. The zero-order valence-electron chi connectivity index (χ0n) is 25.6. The molecular weight excluding hydrogens is 590 g/mol. The van der Waals surface area contributed by atoms with E-state index in [9.17, 15) is 0 Å². The maximum Gasteiger partial charge on any atom is 0.167 e. The van der Waals surface area contributed by atoms with Crippen LogP contribution in [0.2, 0.25) is 0 Å². The van der Waals surface area contributed by atoms with Crippen molar-refractivity contribution in [2.24, 2.45) is 0 Å². The second-order valence-electron chi connectivity index (χ2n) is 12.0. The SMILES string of the molecule is c1ccc2cc(-c3ccc(-c4nc(-c5cccc6c5oc5ccccc56)nc(-c5cccc6oc7ccccc7c56)n4)cc3)ccc2c1. The lowest BCUT2D eigenvalue weighted by Crippen LogP contribution is -2.00. The smallest absolute Gasteiger partial charge is 0.167 e. The minimum Gasteiger partial charge on any atom is -0.456 e. The minimum absolute atomic E-state index is 0.545. The Bertz CT molecular complexity index is 2850. The summed E-state index contributed by atoms with van der Waals surface area (Å²) in [6.07, 6.45) is 0. The van der Waals surface area contributed by atoms with Gasteiger partial charge in [-0.1, -0.05) is 121 Å². The third-order valence-electron chi connectivity index (χ3n) is 9.15.